The minimum absolute atomic E-state index is 0.355. The Morgan fingerprint density at radius 3 is 1.05 bits per heavy atom. The Bertz CT molecular complexity index is 717. The summed E-state index contributed by atoms with van der Waals surface area (Å²) >= 11 is 0. The fourth-order valence-electron chi connectivity index (χ4n) is 5.42. The number of hydrogen-bond donors (Lipinski definition) is 0. The van der Waals surface area contributed by atoms with Crippen LogP contribution >= 0.6 is 0 Å². The van der Waals surface area contributed by atoms with E-state index in [0.717, 1.165) is 12.8 Å². The van der Waals surface area contributed by atoms with Crippen molar-refractivity contribution in [2.45, 2.75) is 174 Å². The van der Waals surface area contributed by atoms with Crippen LogP contribution in [0.5, 0.6) is 11.5 Å². The second kappa shape index (κ2) is 28.4. The quantitative estimate of drug-likeness (QED) is 0.0677. The summed E-state index contributed by atoms with van der Waals surface area (Å²) in [6, 6.07) is 5.45. The Morgan fingerprint density at radius 2 is 0.756 bits per heavy atom. The van der Waals surface area contributed by atoms with E-state index < -0.39 is 0 Å². The topological polar surface area (TPSA) is 44.8 Å². The molecule has 238 valence electrons. The molecular weight excluding hydrogens is 508 g/mol. The zero-order chi connectivity index (χ0) is 29.6. The first-order chi connectivity index (χ1) is 20.2. The van der Waals surface area contributed by atoms with E-state index in [1.807, 2.05) is 6.07 Å². The molecule has 0 bridgehead atoms. The molecule has 41 heavy (non-hydrogen) atoms. The van der Waals surface area contributed by atoms with Gasteiger partial charge in [-0.2, -0.15) is 0 Å². The van der Waals surface area contributed by atoms with Crippen molar-refractivity contribution >= 4 is 5.97 Å². The van der Waals surface area contributed by atoms with E-state index in [4.69, 9.17) is 14.2 Å². The van der Waals surface area contributed by atoms with Gasteiger partial charge in [0.05, 0.1) is 25.9 Å². The molecule has 0 unspecified atom stereocenters. The van der Waals surface area contributed by atoms with Crippen molar-refractivity contribution in [2.24, 2.45) is 0 Å². The zero-order valence-corrected chi connectivity index (χ0v) is 27.5. The van der Waals surface area contributed by atoms with E-state index in [9.17, 15) is 4.79 Å². The van der Waals surface area contributed by atoms with Crippen LogP contribution in [0, 0.1) is 0 Å². The van der Waals surface area contributed by atoms with Crippen molar-refractivity contribution in [2.75, 3.05) is 20.3 Å². The molecule has 0 fully saturated rings. The highest BCUT2D eigenvalue weighted by Crippen LogP contribution is 2.25. The molecule has 0 N–H and O–H groups in total. The standard InChI is InChI=1S/C37H66O4/c1-4-6-8-10-12-14-16-17-18-20-22-24-26-28-30-41-36-32-34(37(38)39-3)31-35(33-36)40-29-27-25-23-21-19-15-13-11-9-7-5-2/h31-33H,4-30H2,1-3H3. The van der Waals surface area contributed by atoms with Gasteiger partial charge in [-0.25, -0.2) is 4.79 Å². The number of benzene rings is 1. The second-order valence-electron chi connectivity index (χ2n) is 12.0. The van der Waals surface area contributed by atoms with Gasteiger partial charge in [-0.1, -0.05) is 162 Å². The van der Waals surface area contributed by atoms with E-state index in [-0.39, 0.29) is 5.97 Å². The summed E-state index contributed by atoms with van der Waals surface area (Å²) in [7, 11) is 1.41. The molecule has 0 aliphatic rings. The molecular formula is C37H66O4. The third-order valence-corrected chi connectivity index (χ3v) is 8.08. The fraction of sp³-hybridized carbons (Fsp3) is 0.811. The maximum atomic E-state index is 12.2. The lowest BCUT2D eigenvalue weighted by molar-refractivity contribution is 0.0599. The fourth-order valence-corrected chi connectivity index (χ4v) is 5.42. The predicted molar refractivity (Wildman–Crippen MR) is 176 cm³/mol. The van der Waals surface area contributed by atoms with Crippen molar-refractivity contribution in [3.05, 3.63) is 23.8 Å². The van der Waals surface area contributed by atoms with Crippen LogP contribution in [0.4, 0.5) is 0 Å². The third-order valence-electron chi connectivity index (χ3n) is 8.08. The molecule has 0 aliphatic heterocycles. The van der Waals surface area contributed by atoms with Gasteiger partial charge in [0.2, 0.25) is 0 Å². The molecule has 1 aromatic rings. The molecule has 1 aromatic carbocycles. The monoisotopic (exact) mass is 574 g/mol. The number of carbonyl (C=O) groups is 1. The van der Waals surface area contributed by atoms with Crippen LogP contribution < -0.4 is 9.47 Å². The Hall–Kier alpha value is -1.71. The average Bonchev–Trinajstić information content (AvgIpc) is 2.99. The molecule has 1 rings (SSSR count). The Labute approximate surface area is 254 Å². The number of rotatable bonds is 30. The van der Waals surface area contributed by atoms with Gasteiger partial charge in [0.15, 0.2) is 0 Å². The molecule has 0 saturated heterocycles. The van der Waals surface area contributed by atoms with Crippen LogP contribution in [0.15, 0.2) is 18.2 Å². The zero-order valence-electron chi connectivity index (χ0n) is 27.5. The van der Waals surface area contributed by atoms with Crippen molar-refractivity contribution < 1.29 is 19.0 Å². The lowest BCUT2D eigenvalue weighted by atomic mass is 10.0. The first-order valence-corrected chi connectivity index (χ1v) is 17.7. The van der Waals surface area contributed by atoms with Crippen molar-refractivity contribution in [3.8, 4) is 11.5 Å². The summed E-state index contributed by atoms with van der Waals surface area (Å²) in [5.41, 5.74) is 0.486. The summed E-state index contributed by atoms with van der Waals surface area (Å²) in [5, 5.41) is 0. The highest BCUT2D eigenvalue weighted by atomic mass is 16.5. The van der Waals surface area contributed by atoms with Gasteiger partial charge >= 0.3 is 5.97 Å². The molecule has 4 heteroatoms. The highest BCUT2D eigenvalue weighted by molar-refractivity contribution is 5.90. The molecule has 0 aromatic heterocycles. The SMILES string of the molecule is CCCCCCCCCCCCCCCCOc1cc(OCCCCCCCCCCCCC)cc(C(=O)OC)c1. The number of unbranched alkanes of at least 4 members (excludes halogenated alkanes) is 23. The van der Waals surface area contributed by atoms with Crippen LogP contribution in [0.2, 0.25) is 0 Å². The Morgan fingerprint density at radius 1 is 0.463 bits per heavy atom. The van der Waals surface area contributed by atoms with Crippen LogP contribution in [0.25, 0.3) is 0 Å². The summed E-state index contributed by atoms with van der Waals surface area (Å²) in [4.78, 5) is 12.2. The minimum Gasteiger partial charge on any atom is -0.493 e. The average molecular weight is 575 g/mol. The van der Waals surface area contributed by atoms with Crippen LogP contribution in [0.1, 0.15) is 185 Å². The summed E-state index contributed by atoms with van der Waals surface area (Å²) in [6.45, 7) is 5.89. The van der Waals surface area contributed by atoms with E-state index >= 15 is 0 Å². The molecule has 0 amide bonds. The van der Waals surface area contributed by atoms with Crippen molar-refractivity contribution in [1.29, 1.82) is 0 Å². The normalized spacial score (nSPS) is 11.1. The molecule has 0 saturated carbocycles. The summed E-state index contributed by atoms with van der Waals surface area (Å²) in [6.07, 6.45) is 33.3. The predicted octanol–water partition coefficient (Wildman–Crippen LogP) is 12.0. The molecule has 0 radical (unpaired) electrons. The Kier molecular flexibility index (Phi) is 25.9. The van der Waals surface area contributed by atoms with Gasteiger partial charge in [0.1, 0.15) is 11.5 Å². The number of methoxy groups -OCH3 is 1. The number of esters is 1. The van der Waals surface area contributed by atoms with Gasteiger partial charge in [-0.05, 0) is 25.0 Å². The van der Waals surface area contributed by atoms with Gasteiger partial charge < -0.3 is 14.2 Å². The summed E-state index contributed by atoms with van der Waals surface area (Å²) in [5.74, 6) is 1.03. The van der Waals surface area contributed by atoms with Crippen LogP contribution in [-0.2, 0) is 4.74 Å². The van der Waals surface area contributed by atoms with Gasteiger partial charge in [0, 0.05) is 6.07 Å². The number of ether oxygens (including phenoxy) is 3. The summed E-state index contributed by atoms with van der Waals surface area (Å²) < 4.78 is 17.0. The largest absolute Gasteiger partial charge is 0.493 e. The lowest BCUT2D eigenvalue weighted by Gasteiger charge is -2.12. The van der Waals surface area contributed by atoms with Gasteiger partial charge in [-0.15, -0.1) is 0 Å². The lowest BCUT2D eigenvalue weighted by Crippen LogP contribution is -2.05. The number of hydrogen-bond acceptors (Lipinski definition) is 4. The maximum absolute atomic E-state index is 12.2. The highest BCUT2D eigenvalue weighted by Gasteiger charge is 2.11. The third kappa shape index (κ3) is 22.5. The second-order valence-corrected chi connectivity index (χ2v) is 12.0. The molecule has 0 spiro atoms. The molecule has 0 atom stereocenters. The van der Waals surface area contributed by atoms with Gasteiger partial charge in [-0.3, -0.25) is 0 Å². The van der Waals surface area contributed by atoms with E-state index in [0.29, 0.717) is 30.3 Å². The van der Waals surface area contributed by atoms with Crippen LogP contribution in [-0.4, -0.2) is 26.3 Å². The smallest absolute Gasteiger partial charge is 0.338 e. The minimum atomic E-state index is -0.355. The molecule has 0 aliphatic carbocycles. The van der Waals surface area contributed by atoms with Gasteiger partial charge in [0.25, 0.3) is 0 Å². The van der Waals surface area contributed by atoms with E-state index in [1.165, 1.54) is 155 Å². The number of carbonyl (C=O) groups excluding carboxylic acids is 1. The van der Waals surface area contributed by atoms with E-state index in [1.54, 1.807) is 12.1 Å². The van der Waals surface area contributed by atoms with Crippen molar-refractivity contribution in [1.82, 2.24) is 0 Å². The molecule has 0 heterocycles. The van der Waals surface area contributed by atoms with Crippen LogP contribution in [0.3, 0.4) is 0 Å². The Balaban J connectivity index is 2.14. The van der Waals surface area contributed by atoms with Crippen molar-refractivity contribution in [3.63, 3.8) is 0 Å². The first-order valence-electron chi connectivity index (χ1n) is 17.7. The first kappa shape index (κ1) is 37.3. The molecule has 4 nitrogen and oxygen atoms in total. The van der Waals surface area contributed by atoms with E-state index in [2.05, 4.69) is 13.8 Å². The maximum Gasteiger partial charge on any atom is 0.338 e.